The average Bonchev–Trinajstić information content (AvgIpc) is 1.82. The molecule has 64 valence electrons. The van der Waals surface area contributed by atoms with Crippen molar-refractivity contribution in [3.63, 3.8) is 0 Å². The van der Waals surface area contributed by atoms with Gasteiger partial charge in [0, 0.05) is 16.5 Å². The van der Waals surface area contributed by atoms with E-state index >= 15 is 0 Å². The molecule has 1 rings (SSSR count). The molecular weight excluding hydrogens is 134 g/mol. The molecule has 0 unspecified atom stereocenters. The van der Waals surface area contributed by atoms with Gasteiger partial charge in [0.15, 0.2) is 0 Å². The van der Waals surface area contributed by atoms with Crippen molar-refractivity contribution >= 4 is 5.71 Å². The quantitative estimate of drug-likeness (QED) is 0.552. The molecule has 0 aromatic rings. The summed E-state index contributed by atoms with van der Waals surface area (Å²) in [7, 11) is 0. The van der Waals surface area contributed by atoms with Gasteiger partial charge < -0.3 is 5.41 Å². The van der Waals surface area contributed by atoms with Gasteiger partial charge >= 0.3 is 0 Å². The van der Waals surface area contributed by atoms with E-state index in [1.54, 1.807) is 0 Å². The Balaban J connectivity index is 2.85. The van der Waals surface area contributed by atoms with Crippen molar-refractivity contribution in [1.29, 1.82) is 5.41 Å². The van der Waals surface area contributed by atoms with Crippen LogP contribution in [-0.2, 0) is 0 Å². The summed E-state index contributed by atoms with van der Waals surface area (Å²) in [4.78, 5) is 0. The van der Waals surface area contributed by atoms with Gasteiger partial charge in [-0.3, -0.25) is 0 Å². The van der Waals surface area contributed by atoms with Crippen LogP contribution in [0.25, 0.3) is 0 Å². The molecule has 1 aliphatic carbocycles. The van der Waals surface area contributed by atoms with Crippen LogP contribution < -0.4 is 0 Å². The Bertz CT molecular complexity index is 159. The molecule has 0 aromatic carbocycles. The van der Waals surface area contributed by atoms with Gasteiger partial charge in [-0.1, -0.05) is 34.1 Å². The third-order valence-corrected chi connectivity index (χ3v) is 2.96. The molecule has 0 spiro atoms. The summed E-state index contributed by atoms with van der Waals surface area (Å²) in [5, 5.41) is 7.99. The number of hydrogen-bond donors (Lipinski definition) is 1. The molecule has 0 heterocycles. The van der Waals surface area contributed by atoms with Crippen LogP contribution in [-0.4, -0.2) is 5.71 Å². The Morgan fingerprint density at radius 3 is 1.64 bits per heavy atom. The first-order valence-corrected chi connectivity index (χ1v) is 4.46. The highest BCUT2D eigenvalue weighted by Gasteiger charge is 2.38. The molecule has 1 nitrogen and oxygen atoms in total. The van der Waals surface area contributed by atoms with Crippen LogP contribution in [0.4, 0.5) is 0 Å². The SMILES string of the molecule is CC1(C)CCCC(C)(C)C1=N. The second-order valence-corrected chi connectivity index (χ2v) is 5.00. The van der Waals surface area contributed by atoms with Crippen LogP contribution in [0.5, 0.6) is 0 Å². The molecule has 0 aliphatic heterocycles. The maximum atomic E-state index is 7.99. The number of rotatable bonds is 0. The van der Waals surface area contributed by atoms with Gasteiger partial charge in [-0.25, -0.2) is 0 Å². The van der Waals surface area contributed by atoms with Gasteiger partial charge in [-0.05, 0) is 12.8 Å². The maximum Gasteiger partial charge on any atom is 0.0201 e. The van der Waals surface area contributed by atoms with Crippen LogP contribution >= 0.6 is 0 Å². The van der Waals surface area contributed by atoms with Crippen molar-refractivity contribution in [2.75, 3.05) is 0 Å². The van der Waals surface area contributed by atoms with Crippen molar-refractivity contribution in [2.24, 2.45) is 10.8 Å². The molecule has 1 aliphatic rings. The van der Waals surface area contributed by atoms with E-state index < -0.39 is 0 Å². The predicted octanol–water partition coefficient (Wildman–Crippen LogP) is 3.24. The Morgan fingerprint density at radius 1 is 1.00 bits per heavy atom. The van der Waals surface area contributed by atoms with E-state index in [0.717, 1.165) is 5.71 Å². The lowest BCUT2D eigenvalue weighted by molar-refractivity contribution is 0.299. The molecule has 1 N–H and O–H groups in total. The van der Waals surface area contributed by atoms with Crippen molar-refractivity contribution in [3.05, 3.63) is 0 Å². The highest BCUT2D eigenvalue weighted by atomic mass is 14.6. The molecule has 0 amide bonds. The van der Waals surface area contributed by atoms with Gasteiger partial charge in [-0.15, -0.1) is 0 Å². The fourth-order valence-corrected chi connectivity index (χ4v) is 2.14. The first-order valence-electron chi connectivity index (χ1n) is 4.46. The minimum absolute atomic E-state index is 0.155. The van der Waals surface area contributed by atoms with Crippen molar-refractivity contribution in [2.45, 2.75) is 47.0 Å². The zero-order valence-electron chi connectivity index (χ0n) is 8.12. The third-order valence-electron chi connectivity index (χ3n) is 2.96. The summed E-state index contributed by atoms with van der Waals surface area (Å²) in [5.74, 6) is 0. The average molecular weight is 153 g/mol. The normalized spacial score (nSPS) is 28.5. The molecule has 0 saturated heterocycles. The van der Waals surface area contributed by atoms with Gasteiger partial charge in [0.25, 0.3) is 0 Å². The van der Waals surface area contributed by atoms with Gasteiger partial charge in [0.05, 0.1) is 0 Å². The molecule has 11 heavy (non-hydrogen) atoms. The molecule has 0 bridgehead atoms. The summed E-state index contributed by atoms with van der Waals surface area (Å²) in [6, 6.07) is 0. The maximum absolute atomic E-state index is 7.99. The standard InChI is InChI=1S/C10H19N/c1-9(2)6-5-7-10(3,4)8(9)11/h11H,5-7H2,1-4H3. The number of nitrogens with one attached hydrogen (secondary N) is 1. The Morgan fingerprint density at radius 2 is 1.36 bits per heavy atom. The first kappa shape index (κ1) is 8.76. The fourth-order valence-electron chi connectivity index (χ4n) is 2.14. The van der Waals surface area contributed by atoms with Crippen molar-refractivity contribution in [1.82, 2.24) is 0 Å². The second kappa shape index (κ2) is 2.33. The fraction of sp³-hybridized carbons (Fsp3) is 0.900. The third kappa shape index (κ3) is 1.47. The minimum atomic E-state index is 0.155. The molecule has 1 fully saturated rings. The zero-order valence-corrected chi connectivity index (χ0v) is 8.12. The molecule has 1 heteroatoms. The van der Waals surface area contributed by atoms with Crippen LogP contribution in [0.15, 0.2) is 0 Å². The topological polar surface area (TPSA) is 23.9 Å². The van der Waals surface area contributed by atoms with Gasteiger partial charge in [-0.2, -0.15) is 0 Å². The van der Waals surface area contributed by atoms with Crippen molar-refractivity contribution in [3.8, 4) is 0 Å². The van der Waals surface area contributed by atoms with E-state index in [1.807, 2.05) is 0 Å². The Labute approximate surface area is 69.7 Å². The highest BCUT2D eigenvalue weighted by molar-refractivity contribution is 5.92. The molecular formula is C10H19N. The summed E-state index contributed by atoms with van der Waals surface area (Å²) >= 11 is 0. The van der Waals surface area contributed by atoms with E-state index in [0.29, 0.717) is 0 Å². The van der Waals surface area contributed by atoms with E-state index in [4.69, 9.17) is 5.41 Å². The predicted molar refractivity (Wildman–Crippen MR) is 49.1 cm³/mol. The molecule has 0 atom stereocenters. The van der Waals surface area contributed by atoms with Crippen LogP contribution in [0.3, 0.4) is 0 Å². The largest absolute Gasteiger partial charge is 0.309 e. The highest BCUT2D eigenvalue weighted by Crippen LogP contribution is 2.42. The monoisotopic (exact) mass is 153 g/mol. The van der Waals surface area contributed by atoms with E-state index in [1.165, 1.54) is 19.3 Å². The van der Waals surface area contributed by atoms with Crippen LogP contribution in [0, 0.1) is 16.2 Å². The summed E-state index contributed by atoms with van der Waals surface area (Å²) < 4.78 is 0. The lowest BCUT2D eigenvalue weighted by atomic mass is 9.64. The zero-order chi connectivity index (χ0) is 8.70. The molecule has 0 aromatic heterocycles. The van der Waals surface area contributed by atoms with Crippen LogP contribution in [0.1, 0.15) is 47.0 Å². The first-order chi connectivity index (χ1) is 4.86. The Kier molecular flexibility index (Phi) is 1.85. The van der Waals surface area contributed by atoms with Crippen molar-refractivity contribution < 1.29 is 0 Å². The van der Waals surface area contributed by atoms with Gasteiger partial charge in [0.1, 0.15) is 0 Å². The summed E-state index contributed by atoms with van der Waals surface area (Å²) in [6.45, 7) is 8.76. The molecule has 1 saturated carbocycles. The summed E-state index contributed by atoms with van der Waals surface area (Å²) in [5.41, 5.74) is 1.25. The summed E-state index contributed by atoms with van der Waals surface area (Å²) in [6.07, 6.45) is 3.66. The smallest absolute Gasteiger partial charge is 0.0201 e. The minimum Gasteiger partial charge on any atom is -0.309 e. The Hall–Kier alpha value is -0.330. The van der Waals surface area contributed by atoms with E-state index in [-0.39, 0.29) is 10.8 Å². The lowest BCUT2D eigenvalue weighted by Gasteiger charge is -2.41. The van der Waals surface area contributed by atoms with E-state index in [9.17, 15) is 0 Å². The second-order valence-electron chi connectivity index (χ2n) is 5.00. The molecule has 0 radical (unpaired) electrons. The van der Waals surface area contributed by atoms with E-state index in [2.05, 4.69) is 27.7 Å². The van der Waals surface area contributed by atoms with Crippen LogP contribution in [0.2, 0.25) is 0 Å². The van der Waals surface area contributed by atoms with Gasteiger partial charge in [0.2, 0.25) is 0 Å². The number of hydrogen-bond acceptors (Lipinski definition) is 1. The lowest BCUT2D eigenvalue weighted by Crippen LogP contribution is -2.40.